The number of benzene rings is 2. The lowest BCUT2D eigenvalue weighted by Gasteiger charge is -2.21. The Morgan fingerprint density at radius 3 is 2.46 bits per heavy atom. The lowest BCUT2D eigenvalue weighted by Crippen LogP contribution is -2.42. The number of sulfonamides is 1. The van der Waals surface area contributed by atoms with Crippen LogP contribution in [-0.4, -0.2) is 31.6 Å². The van der Waals surface area contributed by atoms with Crippen LogP contribution in [0.4, 0.5) is 10.1 Å². The van der Waals surface area contributed by atoms with Crippen LogP contribution < -0.4 is 10.0 Å². The normalized spacial score (nSPS) is 13.8. The SMILES string of the molecule is CCC(O)C(CC)NS(=O)(=O)c1cccc(C(=O)Nc2ccc(F)c(C)c2)c1. The molecule has 0 saturated heterocycles. The molecule has 0 aliphatic rings. The van der Waals surface area contributed by atoms with E-state index in [9.17, 15) is 22.7 Å². The molecule has 2 rings (SSSR count). The molecule has 0 saturated carbocycles. The van der Waals surface area contributed by atoms with Crippen molar-refractivity contribution < 1.29 is 22.7 Å². The molecule has 28 heavy (non-hydrogen) atoms. The van der Waals surface area contributed by atoms with Gasteiger partial charge in [-0.15, -0.1) is 0 Å². The fraction of sp³-hybridized carbons (Fsp3) is 0.350. The van der Waals surface area contributed by atoms with Gasteiger partial charge in [-0.05, 0) is 61.7 Å². The van der Waals surface area contributed by atoms with Crippen molar-refractivity contribution in [3.8, 4) is 0 Å². The van der Waals surface area contributed by atoms with Gasteiger partial charge in [-0.25, -0.2) is 17.5 Å². The van der Waals surface area contributed by atoms with Crippen molar-refractivity contribution in [2.75, 3.05) is 5.32 Å². The quantitative estimate of drug-likeness (QED) is 0.625. The molecule has 0 heterocycles. The smallest absolute Gasteiger partial charge is 0.255 e. The summed E-state index contributed by atoms with van der Waals surface area (Å²) in [6.45, 7) is 5.13. The lowest BCUT2D eigenvalue weighted by atomic mass is 10.1. The number of nitrogens with one attached hydrogen (secondary N) is 2. The number of carbonyl (C=O) groups excluding carboxylic acids is 1. The van der Waals surface area contributed by atoms with Crippen LogP contribution in [0.15, 0.2) is 47.4 Å². The molecule has 3 N–H and O–H groups in total. The fourth-order valence-corrected chi connectivity index (χ4v) is 4.11. The number of rotatable bonds is 8. The van der Waals surface area contributed by atoms with E-state index in [0.29, 0.717) is 24.1 Å². The van der Waals surface area contributed by atoms with E-state index in [1.807, 2.05) is 0 Å². The lowest BCUT2D eigenvalue weighted by molar-refractivity contribution is 0.102. The van der Waals surface area contributed by atoms with Gasteiger partial charge in [0.2, 0.25) is 10.0 Å². The molecule has 0 aromatic heterocycles. The van der Waals surface area contributed by atoms with Gasteiger partial charge in [0.15, 0.2) is 0 Å². The zero-order valence-corrected chi connectivity index (χ0v) is 16.9. The maximum Gasteiger partial charge on any atom is 0.255 e. The largest absolute Gasteiger partial charge is 0.391 e. The third-order valence-corrected chi connectivity index (χ3v) is 5.94. The summed E-state index contributed by atoms with van der Waals surface area (Å²) in [7, 11) is -3.91. The maximum atomic E-state index is 13.4. The molecule has 152 valence electrons. The topological polar surface area (TPSA) is 95.5 Å². The average Bonchev–Trinajstić information content (AvgIpc) is 2.68. The first-order valence-corrected chi connectivity index (χ1v) is 10.5. The highest BCUT2D eigenvalue weighted by atomic mass is 32.2. The van der Waals surface area contributed by atoms with Gasteiger partial charge in [0, 0.05) is 17.3 Å². The number of halogens is 1. The van der Waals surface area contributed by atoms with Gasteiger partial charge < -0.3 is 10.4 Å². The highest BCUT2D eigenvalue weighted by Gasteiger charge is 2.24. The van der Waals surface area contributed by atoms with Crippen molar-refractivity contribution in [3.05, 3.63) is 59.4 Å². The molecule has 0 aliphatic heterocycles. The molecule has 2 aromatic carbocycles. The Balaban J connectivity index is 2.22. The van der Waals surface area contributed by atoms with Crippen LogP contribution in [0.25, 0.3) is 0 Å². The number of anilines is 1. The summed E-state index contributed by atoms with van der Waals surface area (Å²) in [6, 6.07) is 9.16. The molecular formula is C20H25FN2O4S. The van der Waals surface area contributed by atoms with E-state index < -0.39 is 28.1 Å². The Hall–Kier alpha value is -2.29. The number of carbonyl (C=O) groups is 1. The van der Waals surface area contributed by atoms with E-state index >= 15 is 0 Å². The van der Waals surface area contributed by atoms with Crippen LogP contribution in [-0.2, 0) is 10.0 Å². The van der Waals surface area contributed by atoms with Crippen LogP contribution in [0.2, 0.25) is 0 Å². The second kappa shape index (κ2) is 9.27. The highest BCUT2D eigenvalue weighted by molar-refractivity contribution is 7.89. The van der Waals surface area contributed by atoms with Crippen LogP contribution in [0.1, 0.15) is 42.6 Å². The predicted octanol–water partition coefficient (Wildman–Crippen LogP) is 3.21. The van der Waals surface area contributed by atoms with Crippen molar-refractivity contribution in [1.82, 2.24) is 4.72 Å². The van der Waals surface area contributed by atoms with Crippen molar-refractivity contribution in [2.24, 2.45) is 0 Å². The Morgan fingerprint density at radius 2 is 1.86 bits per heavy atom. The summed E-state index contributed by atoms with van der Waals surface area (Å²) in [5.41, 5.74) is 0.944. The van der Waals surface area contributed by atoms with Crippen LogP contribution in [0.5, 0.6) is 0 Å². The molecular weight excluding hydrogens is 383 g/mol. The predicted molar refractivity (Wildman–Crippen MR) is 106 cm³/mol. The first-order valence-electron chi connectivity index (χ1n) is 9.06. The number of amides is 1. The molecule has 2 unspecified atom stereocenters. The van der Waals surface area contributed by atoms with Gasteiger partial charge in [0.25, 0.3) is 5.91 Å². The van der Waals surface area contributed by atoms with Gasteiger partial charge in [-0.2, -0.15) is 0 Å². The van der Waals surface area contributed by atoms with Crippen molar-refractivity contribution >= 4 is 21.6 Å². The molecule has 0 spiro atoms. The Bertz CT molecular complexity index is 947. The second-order valence-corrected chi connectivity index (χ2v) is 8.27. The van der Waals surface area contributed by atoms with Gasteiger partial charge in [0.1, 0.15) is 5.82 Å². The molecule has 0 radical (unpaired) electrons. The summed E-state index contributed by atoms with van der Waals surface area (Å²) < 4.78 is 41.1. The van der Waals surface area contributed by atoms with E-state index in [2.05, 4.69) is 10.0 Å². The second-order valence-electron chi connectivity index (χ2n) is 6.56. The molecule has 6 nitrogen and oxygen atoms in total. The molecule has 0 bridgehead atoms. The summed E-state index contributed by atoms with van der Waals surface area (Å²) in [5, 5.41) is 12.6. The first-order chi connectivity index (χ1) is 13.2. The third-order valence-electron chi connectivity index (χ3n) is 4.45. The zero-order chi connectivity index (χ0) is 20.9. The van der Waals surface area contributed by atoms with E-state index in [4.69, 9.17) is 0 Å². The number of hydrogen-bond acceptors (Lipinski definition) is 4. The molecule has 2 aromatic rings. The van der Waals surface area contributed by atoms with Gasteiger partial charge in [-0.1, -0.05) is 19.9 Å². The van der Waals surface area contributed by atoms with E-state index in [1.165, 1.54) is 42.5 Å². The Morgan fingerprint density at radius 1 is 1.14 bits per heavy atom. The average molecular weight is 408 g/mol. The Labute approximate surface area is 164 Å². The summed E-state index contributed by atoms with van der Waals surface area (Å²) in [4.78, 5) is 12.4. The summed E-state index contributed by atoms with van der Waals surface area (Å²) >= 11 is 0. The maximum absolute atomic E-state index is 13.4. The monoisotopic (exact) mass is 408 g/mol. The van der Waals surface area contributed by atoms with Crippen LogP contribution in [0, 0.1) is 12.7 Å². The minimum absolute atomic E-state index is 0.0720. The van der Waals surface area contributed by atoms with Crippen molar-refractivity contribution in [2.45, 2.75) is 50.7 Å². The standard InChI is InChI=1S/C20H25FN2O4S/c1-4-18(19(24)5-2)23-28(26,27)16-8-6-7-14(12-16)20(25)22-15-9-10-17(21)13(3)11-15/h6-12,18-19,23-24H,4-5H2,1-3H3,(H,22,25). The third kappa shape index (κ3) is 5.37. The first kappa shape index (κ1) is 22.0. The van der Waals surface area contributed by atoms with Crippen molar-refractivity contribution in [1.29, 1.82) is 0 Å². The number of hydrogen-bond donors (Lipinski definition) is 3. The molecule has 2 atom stereocenters. The molecule has 0 fully saturated rings. The zero-order valence-electron chi connectivity index (χ0n) is 16.1. The summed E-state index contributed by atoms with van der Waals surface area (Å²) in [6.07, 6.45) is 0.0479. The van der Waals surface area contributed by atoms with Gasteiger partial charge in [0.05, 0.1) is 11.0 Å². The molecule has 1 amide bonds. The number of aliphatic hydroxyl groups excluding tert-OH is 1. The molecule has 8 heteroatoms. The highest BCUT2D eigenvalue weighted by Crippen LogP contribution is 2.17. The van der Waals surface area contributed by atoms with E-state index in [-0.39, 0.29) is 16.3 Å². The van der Waals surface area contributed by atoms with E-state index in [1.54, 1.807) is 20.8 Å². The molecule has 0 aliphatic carbocycles. The van der Waals surface area contributed by atoms with Crippen molar-refractivity contribution in [3.63, 3.8) is 0 Å². The number of aryl methyl sites for hydroxylation is 1. The number of aliphatic hydroxyl groups is 1. The van der Waals surface area contributed by atoms with Gasteiger partial charge in [-0.3, -0.25) is 4.79 Å². The van der Waals surface area contributed by atoms with Crippen LogP contribution >= 0.6 is 0 Å². The minimum atomic E-state index is -3.91. The van der Waals surface area contributed by atoms with Gasteiger partial charge >= 0.3 is 0 Å². The summed E-state index contributed by atoms with van der Waals surface area (Å²) in [5.74, 6) is -0.888. The Kier molecular flexibility index (Phi) is 7.29. The van der Waals surface area contributed by atoms with E-state index in [0.717, 1.165) is 0 Å². The van der Waals surface area contributed by atoms with Crippen LogP contribution in [0.3, 0.4) is 0 Å². The fourth-order valence-electron chi connectivity index (χ4n) is 2.72. The minimum Gasteiger partial charge on any atom is -0.391 e.